The van der Waals surface area contributed by atoms with E-state index in [4.69, 9.17) is 21.8 Å². The number of hydrogen-bond acceptors (Lipinski definition) is 8. The average Bonchev–Trinajstić information content (AvgIpc) is 2.93. The van der Waals surface area contributed by atoms with Gasteiger partial charge in [0.05, 0.1) is 17.8 Å². The number of sulfonamides is 1. The number of carbonyl (C=O) groups is 3. The highest BCUT2D eigenvalue weighted by atomic mass is 35.5. The van der Waals surface area contributed by atoms with E-state index >= 15 is 0 Å². The fraction of sp³-hybridized carbons (Fsp3) is 0.407. The average molecular weight is 625 g/mol. The minimum Gasteiger partial charge on any atom is -0.394 e. The van der Waals surface area contributed by atoms with Gasteiger partial charge in [0.1, 0.15) is 12.1 Å². The minimum absolute atomic E-state index is 0.127. The molecule has 2 aromatic carbocycles. The number of guanidine groups is 1. The lowest BCUT2D eigenvalue weighted by atomic mass is 9.98. The van der Waals surface area contributed by atoms with Crippen LogP contribution in [0.4, 0.5) is 5.69 Å². The number of likely N-dealkylation sites (N-methyl/N-ethyl adjacent to an activating group) is 1. The largest absolute Gasteiger partial charge is 0.394 e. The zero-order chi connectivity index (χ0) is 31.7. The molecule has 0 radical (unpaired) electrons. The van der Waals surface area contributed by atoms with Crippen LogP contribution in [0.1, 0.15) is 38.8 Å². The molecule has 2 amide bonds. The van der Waals surface area contributed by atoms with Crippen LogP contribution in [0, 0.1) is 10.8 Å². The molecule has 2 rings (SSSR count). The van der Waals surface area contributed by atoms with Gasteiger partial charge in [-0.1, -0.05) is 35.9 Å². The van der Waals surface area contributed by atoms with E-state index in [1.165, 1.54) is 26.1 Å². The van der Waals surface area contributed by atoms with Crippen molar-refractivity contribution in [1.82, 2.24) is 20.4 Å². The first kappa shape index (κ1) is 34.5. The fourth-order valence-electron chi connectivity index (χ4n) is 3.30. The highest BCUT2D eigenvalue weighted by Crippen LogP contribution is 2.15. The van der Waals surface area contributed by atoms with Gasteiger partial charge < -0.3 is 25.5 Å². The van der Waals surface area contributed by atoms with Crippen molar-refractivity contribution in [1.29, 1.82) is 5.41 Å². The molecular weight excluding hydrogens is 588 g/mol. The van der Waals surface area contributed by atoms with Crippen molar-refractivity contribution in [2.45, 2.75) is 52.1 Å². The van der Waals surface area contributed by atoms with Gasteiger partial charge in [0.2, 0.25) is 27.8 Å². The van der Waals surface area contributed by atoms with Crippen molar-refractivity contribution in [2.24, 2.45) is 5.41 Å². The number of carbonyl (C=O) groups excluding carboxylic acids is 3. The highest BCUT2D eigenvalue weighted by Gasteiger charge is 2.31. The summed E-state index contributed by atoms with van der Waals surface area (Å²) in [4.78, 5) is 43.3. The number of nitrogens with zero attached hydrogens (tertiary/aromatic N) is 1. The molecule has 0 bridgehead atoms. The number of anilines is 1. The first-order chi connectivity index (χ1) is 19.5. The Morgan fingerprint density at radius 3 is 2.17 bits per heavy atom. The van der Waals surface area contributed by atoms with Crippen molar-refractivity contribution >= 4 is 51.1 Å². The van der Waals surface area contributed by atoms with Crippen molar-refractivity contribution in [3.63, 3.8) is 0 Å². The molecule has 0 fully saturated rings. The minimum atomic E-state index is -4.00. The maximum atomic E-state index is 12.9. The molecule has 0 saturated carbocycles. The summed E-state index contributed by atoms with van der Waals surface area (Å²) in [6.45, 7) is 5.85. The zero-order valence-electron chi connectivity index (χ0n) is 24.0. The first-order valence-corrected chi connectivity index (χ1v) is 14.9. The first-order valence-electron chi connectivity index (χ1n) is 12.8. The number of nitrogens with one attached hydrogen (secondary N) is 5. The lowest BCUT2D eigenvalue weighted by Gasteiger charge is -2.28. The van der Waals surface area contributed by atoms with Crippen molar-refractivity contribution in [2.75, 3.05) is 19.0 Å². The number of hydrogen-bond donors (Lipinski definition) is 6. The number of halogens is 1. The molecular formula is C27H37ClN6O7S. The van der Waals surface area contributed by atoms with E-state index in [-0.39, 0.29) is 12.5 Å². The molecule has 6 N–H and O–H groups in total. The molecule has 0 saturated heterocycles. The zero-order valence-corrected chi connectivity index (χ0v) is 25.6. The van der Waals surface area contributed by atoms with E-state index in [9.17, 15) is 27.9 Å². The maximum absolute atomic E-state index is 12.9. The number of hydroxylamine groups is 1. The number of amides is 2. The predicted octanol–water partition coefficient (Wildman–Crippen LogP) is 1.72. The van der Waals surface area contributed by atoms with E-state index in [1.54, 1.807) is 57.2 Å². The Bertz CT molecular complexity index is 1360. The highest BCUT2D eigenvalue weighted by molar-refractivity contribution is 7.88. The quantitative estimate of drug-likeness (QED) is 0.123. The van der Waals surface area contributed by atoms with E-state index in [0.29, 0.717) is 16.3 Å². The second kappa shape index (κ2) is 15.0. The van der Waals surface area contributed by atoms with Crippen LogP contribution in [0.2, 0.25) is 5.02 Å². The third-order valence-corrected chi connectivity index (χ3v) is 7.54. The van der Waals surface area contributed by atoms with Crippen LogP contribution in [-0.4, -0.2) is 67.9 Å². The van der Waals surface area contributed by atoms with Crippen LogP contribution in [0.25, 0.3) is 0 Å². The topological polar surface area (TPSA) is 190 Å². The van der Waals surface area contributed by atoms with Gasteiger partial charge in [0, 0.05) is 24.3 Å². The summed E-state index contributed by atoms with van der Waals surface area (Å²) in [6.07, 6.45) is 0. The van der Waals surface area contributed by atoms with Gasteiger partial charge in [-0.3, -0.25) is 15.0 Å². The maximum Gasteiger partial charge on any atom is 0.337 e. The molecule has 42 heavy (non-hydrogen) atoms. The van der Waals surface area contributed by atoms with E-state index in [0.717, 1.165) is 10.5 Å². The van der Waals surface area contributed by atoms with Gasteiger partial charge in [-0.15, -0.1) is 0 Å². The lowest BCUT2D eigenvalue weighted by molar-refractivity contribution is -0.157. The molecule has 1 unspecified atom stereocenters. The molecule has 0 aromatic heterocycles. The normalized spacial score (nSPS) is 12.9. The Balaban J connectivity index is 1.87. The molecule has 0 aliphatic heterocycles. The Morgan fingerprint density at radius 1 is 1.05 bits per heavy atom. The van der Waals surface area contributed by atoms with E-state index in [1.807, 2.05) is 0 Å². The van der Waals surface area contributed by atoms with Crippen LogP contribution in [0.15, 0.2) is 48.5 Å². The summed E-state index contributed by atoms with van der Waals surface area (Å²) < 4.78 is 27.3. The Hall–Kier alpha value is -3.72. The van der Waals surface area contributed by atoms with Gasteiger partial charge in [-0.05, 0) is 63.1 Å². The summed E-state index contributed by atoms with van der Waals surface area (Å²) in [5.74, 6) is -2.47. The third-order valence-electron chi connectivity index (χ3n) is 5.93. The number of aliphatic hydroxyl groups excluding tert-OH is 1. The predicted molar refractivity (Wildman–Crippen MR) is 159 cm³/mol. The molecule has 15 heteroatoms. The molecule has 0 heterocycles. The van der Waals surface area contributed by atoms with Crippen molar-refractivity contribution < 1.29 is 32.7 Å². The molecule has 230 valence electrons. The number of aliphatic hydroxyl groups is 1. The fourth-order valence-corrected chi connectivity index (χ4v) is 4.75. The van der Waals surface area contributed by atoms with Gasteiger partial charge in [-0.25, -0.2) is 17.9 Å². The third kappa shape index (κ3) is 10.9. The summed E-state index contributed by atoms with van der Waals surface area (Å²) >= 11 is 5.82. The van der Waals surface area contributed by atoms with E-state index < -0.39 is 57.7 Å². The second-order valence-electron chi connectivity index (χ2n) is 10.5. The molecule has 2 atom stereocenters. The van der Waals surface area contributed by atoms with Crippen molar-refractivity contribution in [3.8, 4) is 0 Å². The molecule has 0 aliphatic carbocycles. The summed E-state index contributed by atoms with van der Waals surface area (Å²) in [7, 11) is -2.66. The van der Waals surface area contributed by atoms with Gasteiger partial charge in [0.15, 0.2) is 0 Å². The SMILES string of the molecule is C[C@@H](C(=O)NCc1ccc(NC(=N)NOC(=O)C(C)(C)C)cc1)N(C)C(=O)C(CO)NS(=O)(=O)Cc1ccc(Cl)cc1. The van der Waals surface area contributed by atoms with Gasteiger partial charge in [-0.2, -0.15) is 5.48 Å². The number of rotatable bonds is 11. The van der Waals surface area contributed by atoms with Crippen LogP contribution in [0.3, 0.4) is 0 Å². The van der Waals surface area contributed by atoms with Crippen LogP contribution >= 0.6 is 11.6 Å². The smallest absolute Gasteiger partial charge is 0.337 e. The monoisotopic (exact) mass is 624 g/mol. The summed E-state index contributed by atoms with van der Waals surface area (Å²) in [5.41, 5.74) is 3.20. The van der Waals surface area contributed by atoms with Crippen LogP contribution in [-0.2, 0) is 41.5 Å². The van der Waals surface area contributed by atoms with Crippen LogP contribution < -0.4 is 20.8 Å². The lowest BCUT2D eigenvalue weighted by Crippen LogP contribution is -2.54. The standard InChI is InChI=1S/C27H37ClN6O7S/c1-17(34(5)24(37)22(15-35)33-42(39,40)16-19-6-10-20(28)11-7-19)23(36)30-14-18-8-12-21(13-9-18)31-26(29)32-41-25(38)27(2,3)4/h6-13,17,22,33,35H,14-16H2,1-5H3,(H,30,36)(H3,29,31,32)/t17-,22?/m0/s1. The van der Waals surface area contributed by atoms with Crippen LogP contribution in [0.5, 0.6) is 0 Å². The van der Waals surface area contributed by atoms with E-state index in [2.05, 4.69) is 20.8 Å². The molecule has 13 nitrogen and oxygen atoms in total. The molecule has 0 aliphatic rings. The summed E-state index contributed by atoms with van der Waals surface area (Å²) in [6, 6.07) is 10.4. The summed E-state index contributed by atoms with van der Waals surface area (Å²) in [5, 5.41) is 23.4. The number of benzene rings is 2. The molecule has 0 spiro atoms. The van der Waals surface area contributed by atoms with Crippen molar-refractivity contribution in [3.05, 3.63) is 64.7 Å². The Morgan fingerprint density at radius 2 is 1.62 bits per heavy atom. The Kier molecular flexibility index (Phi) is 12.3. The van der Waals surface area contributed by atoms with Gasteiger partial charge >= 0.3 is 5.97 Å². The second-order valence-corrected chi connectivity index (χ2v) is 12.7. The van der Waals surface area contributed by atoms with Gasteiger partial charge in [0.25, 0.3) is 0 Å². The molecule has 2 aromatic rings. The Labute approximate surface area is 250 Å².